The van der Waals surface area contributed by atoms with Crippen LogP contribution in [0.4, 0.5) is 0 Å². The summed E-state index contributed by atoms with van der Waals surface area (Å²) in [5, 5.41) is 11.5. The van der Waals surface area contributed by atoms with Crippen molar-refractivity contribution >= 4 is 21.8 Å². The van der Waals surface area contributed by atoms with Gasteiger partial charge in [-0.05, 0) is 53.4 Å². The molecule has 0 aliphatic heterocycles. The molecule has 0 fully saturated rings. The predicted molar refractivity (Wildman–Crippen MR) is 74.0 cm³/mol. The van der Waals surface area contributed by atoms with Gasteiger partial charge < -0.3 is 15.2 Å². The van der Waals surface area contributed by atoms with Crippen LogP contribution in [0.5, 0.6) is 5.75 Å². The number of carbonyl (C=O) groups is 1. The Kier molecular flexibility index (Phi) is 6.75. The van der Waals surface area contributed by atoms with Gasteiger partial charge in [0.15, 0.2) is 0 Å². The van der Waals surface area contributed by atoms with Gasteiger partial charge in [0, 0.05) is 18.7 Å². The molecule has 0 radical (unpaired) electrons. The van der Waals surface area contributed by atoms with E-state index in [-0.39, 0.29) is 12.5 Å². The molecule has 1 aromatic rings. The Hall–Kier alpha value is -1.07. The van der Waals surface area contributed by atoms with Gasteiger partial charge in [-0.2, -0.15) is 0 Å². The van der Waals surface area contributed by atoms with E-state index in [1.165, 1.54) is 0 Å². The second-order valence-electron chi connectivity index (χ2n) is 3.89. The molecule has 1 amide bonds. The number of benzene rings is 1. The maximum Gasteiger partial charge on any atom is 0.251 e. The molecular weight excluding hydrogens is 298 g/mol. The van der Waals surface area contributed by atoms with E-state index in [1.54, 1.807) is 25.3 Å². The molecule has 0 aliphatic rings. The van der Waals surface area contributed by atoms with Crippen molar-refractivity contribution in [2.75, 3.05) is 20.3 Å². The fourth-order valence-corrected chi connectivity index (χ4v) is 2.07. The molecule has 1 rings (SSSR count). The van der Waals surface area contributed by atoms with Crippen molar-refractivity contribution in [3.05, 3.63) is 28.2 Å². The summed E-state index contributed by atoms with van der Waals surface area (Å²) >= 11 is 3.35. The quantitative estimate of drug-likeness (QED) is 0.759. The SMILES string of the molecule is COc1ccc(C(=O)NCCCCCO)cc1Br. The van der Waals surface area contributed by atoms with Gasteiger partial charge in [-0.3, -0.25) is 4.79 Å². The molecule has 0 spiro atoms. The van der Waals surface area contributed by atoms with Crippen molar-refractivity contribution in [1.82, 2.24) is 5.32 Å². The highest BCUT2D eigenvalue weighted by atomic mass is 79.9. The first kappa shape index (κ1) is 15.0. The van der Waals surface area contributed by atoms with Crippen molar-refractivity contribution in [2.45, 2.75) is 19.3 Å². The maximum absolute atomic E-state index is 11.8. The molecule has 0 aliphatic carbocycles. The molecule has 0 aromatic heterocycles. The zero-order chi connectivity index (χ0) is 13.4. The number of rotatable bonds is 7. The number of hydrogen-bond donors (Lipinski definition) is 2. The molecule has 4 nitrogen and oxygen atoms in total. The van der Waals surface area contributed by atoms with E-state index in [0.717, 1.165) is 23.7 Å². The van der Waals surface area contributed by atoms with Gasteiger partial charge in [-0.1, -0.05) is 0 Å². The standard InChI is InChI=1S/C13H18BrNO3/c1-18-12-6-5-10(9-11(12)14)13(17)15-7-3-2-4-8-16/h5-6,9,16H,2-4,7-8H2,1H3,(H,15,17). The van der Waals surface area contributed by atoms with E-state index in [9.17, 15) is 4.79 Å². The minimum atomic E-state index is -0.0950. The van der Waals surface area contributed by atoms with Crippen molar-refractivity contribution in [2.24, 2.45) is 0 Å². The van der Waals surface area contributed by atoms with Crippen LogP contribution in [0.2, 0.25) is 0 Å². The van der Waals surface area contributed by atoms with Gasteiger partial charge in [0.25, 0.3) is 5.91 Å². The van der Waals surface area contributed by atoms with Crippen molar-refractivity contribution in [1.29, 1.82) is 0 Å². The third kappa shape index (κ3) is 4.66. The van der Waals surface area contributed by atoms with Crippen LogP contribution in [0.15, 0.2) is 22.7 Å². The summed E-state index contributed by atoms with van der Waals surface area (Å²) in [6.07, 6.45) is 2.58. The number of methoxy groups -OCH3 is 1. The summed E-state index contributed by atoms with van der Waals surface area (Å²) < 4.78 is 5.86. The number of hydrogen-bond acceptors (Lipinski definition) is 3. The second kappa shape index (κ2) is 8.11. The summed E-state index contributed by atoms with van der Waals surface area (Å²) in [7, 11) is 1.58. The van der Waals surface area contributed by atoms with Crippen molar-refractivity contribution in [3.63, 3.8) is 0 Å². The number of aliphatic hydroxyl groups excluding tert-OH is 1. The molecule has 0 bridgehead atoms. The first-order valence-corrected chi connectivity index (χ1v) is 6.71. The summed E-state index contributed by atoms with van der Waals surface area (Å²) in [4.78, 5) is 11.8. The zero-order valence-corrected chi connectivity index (χ0v) is 12.0. The first-order chi connectivity index (χ1) is 8.69. The van der Waals surface area contributed by atoms with Crippen molar-refractivity contribution in [3.8, 4) is 5.75 Å². The Bertz CT molecular complexity index is 396. The van der Waals surface area contributed by atoms with E-state index < -0.39 is 0 Å². The lowest BCUT2D eigenvalue weighted by molar-refractivity contribution is 0.0952. The highest BCUT2D eigenvalue weighted by Crippen LogP contribution is 2.25. The van der Waals surface area contributed by atoms with Gasteiger partial charge in [0.2, 0.25) is 0 Å². The maximum atomic E-state index is 11.8. The minimum Gasteiger partial charge on any atom is -0.496 e. The predicted octanol–water partition coefficient (Wildman–Crippen LogP) is 2.35. The average Bonchev–Trinajstić information content (AvgIpc) is 2.38. The van der Waals surface area contributed by atoms with Gasteiger partial charge in [0.05, 0.1) is 11.6 Å². The number of aliphatic hydroxyl groups is 1. The highest BCUT2D eigenvalue weighted by Gasteiger charge is 2.07. The zero-order valence-electron chi connectivity index (χ0n) is 10.4. The topological polar surface area (TPSA) is 58.6 Å². The smallest absolute Gasteiger partial charge is 0.251 e. The fraction of sp³-hybridized carbons (Fsp3) is 0.462. The third-order valence-corrected chi connectivity index (χ3v) is 3.15. The molecular formula is C13H18BrNO3. The van der Waals surface area contributed by atoms with E-state index in [1.807, 2.05) is 0 Å². The van der Waals surface area contributed by atoms with Gasteiger partial charge in [-0.25, -0.2) is 0 Å². The van der Waals surface area contributed by atoms with E-state index in [4.69, 9.17) is 9.84 Å². The molecule has 0 atom stereocenters. The Morgan fingerprint density at radius 2 is 2.17 bits per heavy atom. The number of amides is 1. The Labute approximate surface area is 115 Å². The largest absolute Gasteiger partial charge is 0.496 e. The van der Waals surface area contributed by atoms with Crippen LogP contribution >= 0.6 is 15.9 Å². The molecule has 0 unspecified atom stereocenters. The van der Waals surface area contributed by atoms with E-state index >= 15 is 0 Å². The van der Waals surface area contributed by atoms with Crippen molar-refractivity contribution < 1.29 is 14.6 Å². The monoisotopic (exact) mass is 315 g/mol. The Morgan fingerprint density at radius 3 is 2.78 bits per heavy atom. The summed E-state index contributed by atoms with van der Waals surface area (Å²) in [6.45, 7) is 0.835. The number of halogens is 1. The van der Waals surface area contributed by atoms with Crippen LogP contribution < -0.4 is 10.1 Å². The van der Waals surface area contributed by atoms with Crippen LogP contribution in [-0.2, 0) is 0 Å². The van der Waals surface area contributed by atoms with E-state index in [0.29, 0.717) is 17.9 Å². The van der Waals surface area contributed by atoms with Gasteiger partial charge in [-0.15, -0.1) is 0 Å². The summed E-state index contributed by atoms with van der Waals surface area (Å²) in [6, 6.07) is 5.22. The number of carbonyl (C=O) groups excluding carboxylic acids is 1. The Morgan fingerprint density at radius 1 is 1.39 bits per heavy atom. The summed E-state index contributed by atoms with van der Waals surface area (Å²) in [5.41, 5.74) is 0.602. The lowest BCUT2D eigenvalue weighted by Crippen LogP contribution is -2.24. The fourth-order valence-electron chi connectivity index (χ4n) is 1.53. The Balaban J connectivity index is 2.44. The molecule has 0 heterocycles. The second-order valence-corrected chi connectivity index (χ2v) is 4.74. The van der Waals surface area contributed by atoms with Crippen LogP contribution in [0.1, 0.15) is 29.6 Å². The normalized spacial score (nSPS) is 10.2. The molecule has 100 valence electrons. The molecule has 2 N–H and O–H groups in total. The van der Waals surface area contributed by atoms with Crippen LogP contribution in [0.3, 0.4) is 0 Å². The highest BCUT2D eigenvalue weighted by molar-refractivity contribution is 9.10. The number of ether oxygens (including phenoxy) is 1. The number of nitrogens with one attached hydrogen (secondary N) is 1. The van der Waals surface area contributed by atoms with Crippen LogP contribution in [0.25, 0.3) is 0 Å². The average molecular weight is 316 g/mol. The molecule has 0 saturated heterocycles. The molecule has 1 aromatic carbocycles. The van der Waals surface area contributed by atoms with Crippen LogP contribution in [0, 0.1) is 0 Å². The minimum absolute atomic E-state index is 0.0950. The lowest BCUT2D eigenvalue weighted by Gasteiger charge is -2.07. The lowest BCUT2D eigenvalue weighted by atomic mass is 10.2. The van der Waals surface area contributed by atoms with Gasteiger partial charge >= 0.3 is 0 Å². The van der Waals surface area contributed by atoms with Crippen LogP contribution in [-0.4, -0.2) is 31.3 Å². The van der Waals surface area contributed by atoms with Gasteiger partial charge in [0.1, 0.15) is 5.75 Å². The van der Waals surface area contributed by atoms with E-state index in [2.05, 4.69) is 21.2 Å². The summed E-state index contributed by atoms with van der Waals surface area (Å²) in [5.74, 6) is 0.608. The molecule has 5 heteroatoms. The first-order valence-electron chi connectivity index (χ1n) is 5.91. The number of unbranched alkanes of at least 4 members (excludes halogenated alkanes) is 2. The molecule has 18 heavy (non-hydrogen) atoms. The third-order valence-electron chi connectivity index (χ3n) is 2.53. The molecule has 0 saturated carbocycles.